The maximum absolute atomic E-state index is 13.0. The Morgan fingerprint density at radius 1 is 0.952 bits per heavy atom. The van der Waals surface area contributed by atoms with Gasteiger partial charge in [0, 0.05) is 11.6 Å². The van der Waals surface area contributed by atoms with Gasteiger partial charge in [0.25, 0.3) is 0 Å². The molecule has 0 aliphatic carbocycles. The topological polar surface area (TPSA) is 46.2 Å². The third-order valence-corrected chi connectivity index (χ3v) is 4.30. The van der Waals surface area contributed by atoms with Crippen LogP contribution in [0.1, 0.15) is 11.1 Å². The molecule has 0 amide bonds. The molecule has 1 N–H and O–H groups in total. The van der Waals surface area contributed by atoms with E-state index < -0.39 is 21.7 Å². The van der Waals surface area contributed by atoms with Gasteiger partial charge in [-0.25, -0.2) is 21.9 Å². The Kier molecular flexibility index (Phi) is 4.92. The van der Waals surface area contributed by atoms with E-state index in [0.717, 1.165) is 12.1 Å². The highest BCUT2D eigenvalue weighted by Gasteiger charge is 2.12. The molecule has 2 aromatic rings. The lowest BCUT2D eigenvalue weighted by atomic mass is 10.2. The molecule has 0 unspecified atom stereocenters. The van der Waals surface area contributed by atoms with Gasteiger partial charge in [0.05, 0.1) is 5.75 Å². The average molecular weight is 332 g/mol. The van der Waals surface area contributed by atoms with Gasteiger partial charge in [0.15, 0.2) is 11.6 Å². The molecule has 0 fully saturated rings. The molecular formula is C14H12ClF2NO2S. The predicted molar refractivity (Wildman–Crippen MR) is 77.3 cm³/mol. The summed E-state index contributed by atoms with van der Waals surface area (Å²) in [5.74, 6) is -2.19. The molecule has 2 rings (SSSR count). The lowest BCUT2D eigenvalue weighted by Gasteiger charge is -2.07. The maximum atomic E-state index is 13.0. The van der Waals surface area contributed by atoms with Crippen LogP contribution in [0, 0.1) is 11.6 Å². The first-order valence-corrected chi connectivity index (χ1v) is 8.04. The Morgan fingerprint density at radius 2 is 1.57 bits per heavy atom. The number of sulfonamides is 1. The van der Waals surface area contributed by atoms with Crippen LogP contribution in [0.3, 0.4) is 0 Å². The Hall–Kier alpha value is -1.50. The molecule has 0 spiro atoms. The molecule has 0 aliphatic rings. The SMILES string of the molecule is O=S(=O)(Cc1ccc(Cl)cc1)NCc1ccc(F)c(F)c1. The fraction of sp³-hybridized carbons (Fsp3) is 0.143. The normalized spacial score (nSPS) is 11.6. The minimum atomic E-state index is -3.58. The third kappa shape index (κ3) is 4.77. The summed E-state index contributed by atoms with van der Waals surface area (Å²) in [5, 5.41) is 0.519. The number of hydrogen-bond donors (Lipinski definition) is 1. The fourth-order valence-electron chi connectivity index (χ4n) is 1.69. The van der Waals surface area contributed by atoms with E-state index in [2.05, 4.69) is 4.72 Å². The van der Waals surface area contributed by atoms with Crippen molar-refractivity contribution >= 4 is 21.6 Å². The zero-order valence-corrected chi connectivity index (χ0v) is 12.4. The molecule has 0 radical (unpaired) electrons. The van der Waals surface area contributed by atoms with Gasteiger partial charge < -0.3 is 0 Å². The maximum Gasteiger partial charge on any atom is 0.216 e. The summed E-state index contributed by atoms with van der Waals surface area (Å²) in [5.41, 5.74) is 0.922. The van der Waals surface area contributed by atoms with Crippen molar-refractivity contribution in [2.45, 2.75) is 12.3 Å². The van der Waals surface area contributed by atoms with Gasteiger partial charge in [0.1, 0.15) is 0 Å². The zero-order chi connectivity index (χ0) is 15.5. The fourth-order valence-corrected chi connectivity index (χ4v) is 2.94. The van der Waals surface area contributed by atoms with E-state index in [9.17, 15) is 17.2 Å². The van der Waals surface area contributed by atoms with Crippen molar-refractivity contribution < 1.29 is 17.2 Å². The van der Waals surface area contributed by atoms with Gasteiger partial charge in [-0.2, -0.15) is 0 Å². The van der Waals surface area contributed by atoms with Gasteiger partial charge in [-0.1, -0.05) is 29.8 Å². The van der Waals surface area contributed by atoms with Crippen molar-refractivity contribution in [3.8, 4) is 0 Å². The van der Waals surface area contributed by atoms with Crippen LogP contribution in [-0.2, 0) is 22.3 Å². The highest BCUT2D eigenvalue weighted by Crippen LogP contribution is 2.12. The molecule has 0 aromatic heterocycles. The molecule has 2 aromatic carbocycles. The van der Waals surface area contributed by atoms with Gasteiger partial charge >= 0.3 is 0 Å². The van der Waals surface area contributed by atoms with Crippen molar-refractivity contribution in [3.05, 3.63) is 70.2 Å². The van der Waals surface area contributed by atoms with Crippen molar-refractivity contribution in [2.75, 3.05) is 0 Å². The molecule has 0 atom stereocenters. The molecule has 7 heteroatoms. The summed E-state index contributed by atoms with van der Waals surface area (Å²) in [4.78, 5) is 0. The molecule has 0 aliphatic heterocycles. The van der Waals surface area contributed by atoms with E-state index in [1.165, 1.54) is 6.07 Å². The summed E-state index contributed by atoms with van der Waals surface area (Å²) in [6.45, 7) is -0.104. The largest absolute Gasteiger partial charge is 0.216 e. The van der Waals surface area contributed by atoms with Crippen LogP contribution in [-0.4, -0.2) is 8.42 Å². The van der Waals surface area contributed by atoms with Crippen LogP contribution in [0.2, 0.25) is 5.02 Å². The highest BCUT2D eigenvalue weighted by molar-refractivity contribution is 7.88. The zero-order valence-electron chi connectivity index (χ0n) is 10.8. The molecule has 0 saturated heterocycles. The van der Waals surface area contributed by atoms with E-state index in [0.29, 0.717) is 16.1 Å². The van der Waals surface area contributed by atoms with Crippen LogP contribution in [0.4, 0.5) is 8.78 Å². The first-order chi connectivity index (χ1) is 9.85. The number of hydrogen-bond acceptors (Lipinski definition) is 2. The quantitative estimate of drug-likeness (QED) is 0.914. The summed E-state index contributed by atoms with van der Waals surface area (Å²) in [6.07, 6.45) is 0. The Bertz CT molecular complexity index is 733. The van der Waals surface area contributed by atoms with E-state index >= 15 is 0 Å². The second-order valence-corrected chi connectivity index (χ2v) is 6.70. The number of rotatable bonds is 5. The smallest absolute Gasteiger partial charge is 0.212 e. The number of nitrogens with one attached hydrogen (secondary N) is 1. The van der Waals surface area contributed by atoms with Gasteiger partial charge in [-0.05, 0) is 35.4 Å². The molecule has 21 heavy (non-hydrogen) atoms. The highest BCUT2D eigenvalue weighted by atomic mass is 35.5. The van der Waals surface area contributed by atoms with Crippen molar-refractivity contribution in [2.24, 2.45) is 0 Å². The standard InChI is InChI=1S/C14H12ClF2NO2S/c15-12-4-1-10(2-5-12)9-21(19,20)18-8-11-3-6-13(16)14(17)7-11/h1-7,18H,8-9H2. The summed E-state index contributed by atoms with van der Waals surface area (Å²) >= 11 is 5.72. The number of benzene rings is 2. The summed E-state index contributed by atoms with van der Waals surface area (Å²) in [7, 11) is -3.58. The van der Waals surface area contributed by atoms with Crippen LogP contribution in [0.25, 0.3) is 0 Å². The average Bonchev–Trinajstić information content (AvgIpc) is 2.43. The van der Waals surface area contributed by atoms with Crippen molar-refractivity contribution in [1.29, 1.82) is 0 Å². The van der Waals surface area contributed by atoms with Crippen molar-refractivity contribution in [1.82, 2.24) is 4.72 Å². The third-order valence-electron chi connectivity index (χ3n) is 2.75. The van der Waals surface area contributed by atoms with Gasteiger partial charge in [-0.15, -0.1) is 0 Å². The second kappa shape index (κ2) is 6.51. The molecule has 0 heterocycles. The van der Waals surface area contributed by atoms with E-state index in [1.54, 1.807) is 24.3 Å². The molecule has 0 bridgehead atoms. The van der Waals surface area contributed by atoms with E-state index in [4.69, 9.17) is 11.6 Å². The summed E-state index contributed by atoms with van der Waals surface area (Å²) < 4.78 is 51.9. The first-order valence-electron chi connectivity index (χ1n) is 6.01. The lowest BCUT2D eigenvalue weighted by molar-refractivity contribution is 0.506. The molecule has 0 saturated carbocycles. The van der Waals surface area contributed by atoms with E-state index in [1.807, 2.05) is 0 Å². The minimum Gasteiger partial charge on any atom is -0.212 e. The molecule has 112 valence electrons. The lowest BCUT2D eigenvalue weighted by Crippen LogP contribution is -2.24. The Morgan fingerprint density at radius 3 is 2.19 bits per heavy atom. The van der Waals surface area contributed by atoms with Crippen LogP contribution in [0.15, 0.2) is 42.5 Å². The monoisotopic (exact) mass is 331 g/mol. The van der Waals surface area contributed by atoms with Gasteiger partial charge in [-0.3, -0.25) is 0 Å². The van der Waals surface area contributed by atoms with Gasteiger partial charge in [0.2, 0.25) is 10.0 Å². The summed E-state index contributed by atoms with van der Waals surface area (Å²) in [6, 6.07) is 9.66. The molecular weight excluding hydrogens is 320 g/mol. The Balaban J connectivity index is 2.00. The molecule has 3 nitrogen and oxygen atoms in total. The van der Waals surface area contributed by atoms with Crippen LogP contribution >= 0.6 is 11.6 Å². The van der Waals surface area contributed by atoms with Crippen LogP contribution < -0.4 is 4.72 Å². The van der Waals surface area contributed by atoms with E-state index in [-0.39, 0.29) is 12.3 Å². The predicted octanol–water partition coefficient (Wildman–Crippen LogP) is 3.24. The number of halogens is 3. The first kappa shape index (κ1) is 15.9. The Labute approximate surface area is 126 Å². The van der Waals surface area contributed by atoms with Crippen molar-refractivity contribution in [3.63, 3.8) is 0 Å². The minimum absolute atomic E-state index is 0.104. The second-order valence-electron chi connectivity index (χ2n) is 4.46. The van der Waals surface area contributed by atoms with Crippen LogP contribution in [0.5, 0.6) is 0 Å².